The number of likely N-dealkylation sites (tertiary alicyclic amines) is 1. The van der Waals surface area contributed by atoms with Gasteiger partial charge in [-0.2, -0.15) is 17.4 Å². The number of aliphatic hydroxyl groups is 1. The van der Waals surface area contributed by atoms with Crippen molar-refractivity contribution in [2.45, 2.75) is 18.6 Å². The van der Waals surface area contributed by atoms with Gasteiger partial charge in [0.15, 0.2) is 5.69 Å². The largest absolute Gasteiger partial charge is 0.505 e. The average molecular weight is 344 g/mol. The van der Waals surface area contributed by atoms with Crippen LogP contribution in [0.4, 0.5) is 0 Å². The van der Waals surface area contributed by atoms with E-state index in [4.69, 9.17) is 0 Å². The Bertz CT molecular complexity index is 679. The zero-order valence-corrected chi connectivity index (χ0v) is 13.7. The Morgan fingerprint density at radius 3 is 2.74 bits per heavy atom. The molecule has 9 nitrogen and oxygen atoms in total. The molecule has 128 valence electrons. The van der Waals surface area contributed by atoms with Crippen molar-refractivity contribution >= 4 is 16.1 Å². The number of aromatic nitrogens is 1. The molecule has 2 rings (SSSR count). The molecule has 0 spiro atoms. The molecule has 0 bridgehead atoms. The zero-order valence-electron chi connectivity index (χ0n) is 12.9. The summed E-state index contributed by atoms with van der Waals surface area (Å²) in [6.45, 7) is 0.196. The van der Waals surface area contributed by atoms with Gasteiger partial charge >= 0.3 is 0 Å². The highest BCUT2D eigenvalue weighted by Gasteiger charge is 2.34. The van der Waals surface area contributed by atoms with Gasteiger partial charge in [0.25, 0.3) is 16.1 Å². The van der Waals surface area contributed by atoms with Gasteiger partial charge < -0.3 is 15.1 Å². The number of carbonyl (C=O) groups is 1. The first-order valence-corrected chi connectivity index (χ1v) is 8.47. The molecule has 0 saturated carbocycles. The molecule has 10 heteroatoms. The molecule has 3 N–H and O–H groups in total. The Hall–Kier alpha value is -1.75. The molecule has 1 amide bonds. The second-order valence-electron chi connectivity index (χ2n) is 5.49. The fraction of sp³-hybridized carbons (Fsp3) is 0.538. The van der Waals surface area contributed by atoms with Gasteiger partial charge in [-0.1, -0.05) is 0 Å². The summed E-state index contributed by atoms with van der Waals surface area (Å²) in [6.07, 6.45) is 0.600. The van der Waals surface area contributed by atoms with E-state index in [1.807, 2.05) is 0 Å². The molecular formula is C13H20N4O5S. The topological polar surface area (TPSA) is 123 Å². The maximum atomic E-state index is 12.3. The first-order chi connectivity index (χ1) is 10.7. The van der Waals surface area contributed by atoms with Gasteiger partial charge in [-0.15, -0.1) is 0 Å². The summed E-state index contributed by atoms with van der Waals surface area (Å²) in [7, 11) is -0.888. The van der Waals surface area contributed by atoms with Crippen LogP contribution in [-0.4, -0.2) is 78.1 Å². The Labute approximate surface area is 134 Å². The summed E-state index contributed by atoms with van der Waals surface area (Å²) in [5.41, 5.74) is -0.0907. The molecule has 1 saturated heterocycles. The molecule has 2 atom stereocenters. The number of aliphatic hydroxyl groups excluding tert-OH is 1. The number of amides is 1. The van der Waals surface area contributed by atoms with Crippen molar-refractivity contribution in [2.24, 2.45) is 0 Å². The molecule has 1 aromatic rings. The van der Waals surface area contributed by atoms with E-state index >= 15 is 0 Å². The van der Waals surface area contributed by atoms with Gasteiger partial charge in [-0.3, -0.25) is 4.79 Å². The second kappa shape index (κ2) is 6.79. The predicted molar refractivity (Wildman–Crippen MR) is 82.0 cm³/mol. The highest BCUT2D eigenvalue weighted by molar-refractivity contribution is 7.87. The molecule has 1 aromatic heterocycles. The third kappa shape index (κ3) is 3.96. The maximum Gasteiger partial charge on any atom is 0.279 e. The van der Waals surface area contributed by atoms with Crippen molar-refractivity contribution in [1.82, 2.24) is 18.9 Å². The number of β-amino-alcohol motifs (C(OH)–C–C–N with tert-alkyl or cyclic N) is 1. The van der Waals surface area contributed by atoms with Crippen LogP contribution in [0.25, 0.3) is 0 Å². The monoisotopic (exact) mass is 344 g/mol. The normalized spacial score (nSPS) is 22.3. The van der Waals surface area contributed by atoms with E-state index in [0.717, 1.165) is 4.31 Å². The van der Waals surface area contributed by atoms with Crippen LogP contribution < -0.4 is 4.72 Å². The van der Waals surface area contributed by atoms with Crippen molar-refractivity contribution in [3.05, 3.63) is 24.0 Å². The van der Waals surface area contributed by atoms with Crippen LogP contribution in [0.5, 0.6) is 5.75 Å². The summed E-state index contributed by atoms with van der Waals surface area (Å²) < 4.78 is 27.0. The van der Waals surface area contributed by atoms with Crippen molar-refractivity contribution in [3.8, 4) is 5.75 Å². The second-order valence-corrected chi connectivity index (χ2v) is 7.41. The lowest BCUT2D eigenvalue weighted by Gasteiger charge is -2.36. The zero-order chi connectivity index (χ0) is 17.2. The predicted octanol–water partition coefficient (Wildman–Crippen LogP) is -1.24. The lowest BCUT2D eigenvalue weighted by Crippen LogP contribution is -2.56. The summed E-state index contributed by atoms with van der Waals surface area (Å²) >= 11 is 0. The summed E-state index contributed by atoms with van der Waals surface area (Å²) in [5.74, 6) is -0.738. The molecule has 2 heterocycles. The number of aromatic hydroxyl groups is 1. The SMILES string of the molecule is CN(C)S(=O)(=O)N[C@@H]1CCN(C(=O)c2ncccc2O)C[C@H]1O. The molecule has 1 fully saturated rings. The third-order valence-electron chi connectivity index (χ3n) is 3.64. The van der Waals surface area contributed by atoms with Gasteiger partial charge in [-0.05, 0) is 18.6 Å². The highest BCUT2D eigenvalue weighted by Crippen LogP contribution is 2.19. The lowest BCUT2D eigenvalue weighted by molar-refractivity contribution is 0.0358. The van der Waals surface area contributed by atoms with Crippen LogP contribution in [0.15, 0.2) is 18.3 Å². The van der Waals surface area contributed by atoms with E-state index in [2.05, 4.69) is 9.71 Å². The number of pyridine rings is 1. The van der Waals surface area contributed by atoms with E-state index in [1.165, 1.54) is 37.3 Å². The molecular weight excluding hydrogens is 324 g/mol. The Morgan fingerprint density at radius 1 is 1.48 bits per heavy atom. The van der Waals surface area contributed by atoms with Crippen LogP contribution in [0.3, 0.4) is 0 Å². The third-order valence-corrected chi connectivity index (χ3v) is 5.20. The molecule has 0 unspecified atom stereocenters. The van der Waals surface area contributed by atoms with Crippen LogP contribution in [-0.2, 0) is 10.2 Å². The number of nitrogens with zero attached hydrogens (tertiary/aromatic N) is 3. The van der Waals surface area contributed by atoms with Gasteiger partial charge in [0.05, 0.1) is 12.1 Å². The standard InChI is InChI=1S/C13H20N4O5S/c1-16(2)23(21,22)15-9-5-7-17(8-11(9)19)13(20)12-10(18)4-3-6-14-12/h3-4,6,9,11,15,18-19H,5,7-8H2,1-2H3/t9-,11-/m1/s1. The van der Waals surface area contributed by atoms with E-state index in [0.29, 0.717) is 0 Å². The quantitative estimate of drug-likeness (QED) is 0.628. The van der Waals surface area contributed by atoms with Gasteiger partial charge in [0.2, 0.25) is 0 Å². The number of rotatable bonds is 4. The molecule has 0 radical (unpaired) electrons. The van der Waals surface area contributed by atoms with Gasteiger partial charge in [0, 0.05) is 33.4 Å². The van der Waals surface area contributed by atoms with Crippen LogP contribution in [0, 0.1) is 0 Å². The molecule has 0 aliphatic carbocycles. The maximum absolute atomic E-state index is 12.3. The van der Waals surface area contributed by atoms with Crippen molar-refractivity contribution < 1.29 is 23.4 Å². The van der Waals surface area contributed by atoms with E-state index in [1.54, 1.807) is 0 Å². The number of piperidine rings is 1. The smallest absolute Gasteiger partial charge is 0.279 e. The minimum Gasteiger partial charge on any atom is -0.505 e. The van der Waals surface area contributed by atoms with Crippen LogP contribution in [0.2, 0.25) is 0 Å². The van der Waals surface area contributed by atoms with E-state index < -0.39 is 28.3 Å². The van der Waals surface area contributed by atoms with Crippen molar-refractivity contribution in [2.75, 3.05) is 27.2 Å². The summed E-state index contributed by atoms with van der Waals surface area (Å²) in [6, 6.07) is 2.18. The highest BCUT2D eigenvalue weighted by atomic mass is 32.2. The fourth-order valence-corrected chi connectivity index (χ4v) is 3.13. The first kappa shape index (κ1) is 17.6. The molecule has 1 aliphatic rings. The molecule has 1 aliphatic heterocycles. The Kier molecular flexibility index (Phi) is 5.19. The van der Waals surface area contributed by atoms with E-state index in [-0.39, 0.29) is 31.0 Å². The first-order valence-electron chi connectivity index (χ1n) is 7.03. The number of carbonyl (C=O) groups excluding carboxylic acids is 1. The number of nitrogens with one attached hydrogen (secondary N) is 1. The average Bonchev–Trinajstić information content (AvgIpc) is 2.49. The molecule has 23 heavy (non-hydrogen) atoms. The van der Waals surface area contributed by atoms with Gasteiger partial charge in [0.1, 0.15) is 5.75 Å². The minimum absolute atomic E-state index is 0.0462. The fourth-order valence-electron chi connectivity index (χ4n) is 2.26. The van der Waals surface area contributed by atoms with Crippen molar-refractivity contribution in [1.29, 1.82) is 0 Å². The number of hydrogen-bond acceptors (Lipinski definition) is 6. The molecule has 0 aromatic carbocycles. The summed E-state index contributed by atoms with van der Waals surface area (Å²) in [4.78, 5) is 17.5. The lowest BCUT2D eigenvalue weighted by atomic mass is 10.0. The van der Waals surface area contributed by atoms with E-state index in [9.17, 15) is 23.4 Å². The van der Waals surface area contributed by atoms with Crippen molar-refractivity contribution in [3.63, 3.8) is 0 Å². The van der Waals surface area contributed by atoms with Crippen LogP contribution >= 0.6 is 0 Å². The van der Waals surface area contributed by atoms with Gasteiger partial charge in [-0.25, -0.2) is 4.98 Å². The Balaban J connectivity index is 2.04. The number of hydrogen-bond donors (Lipinski definition) is 3. The summed E-state index contributed by atoms with van der Waals surface area (Å²) in [5, 5.41) is 19.8. The Morgan fingerprint density at radius 2 is 2.17 bits per heavy atom. The minimum atomic E-state index is -3.66. The van der Waals surface area contributed by atoms with Crippen LogP contribution in [0.1, 0.15) is 16.9 Å².